The highest BCUT2D eigenvalue weighted by atomic mass is 16.5. The van der Waals surface area contributed by atoms with E-state index in [9.17, 15) is 4.79 Å². The summed E-state index contributed by atoms with van der Waals surface area (Å²) in [4.78, 5) is 12.2. The van der Waals surface area contributed by atoms with E-state index in [4.69, 9.17) is 4.74 Å². The van der Waals surface area contributed by atoms with Crippen LogP contribution in [0.3, 0.4) is 0 Å². The number of hydrogen-bond acceptors (Lipinski definition) is 2. The maximum absolute atomic E-state index is 12.2. The first-order valence-corrected chi connectivity index (χ1v) is 7.01. The summed E-state index contributed by atoms with van der Waals surface area (Å²) in [6.07, 6.45) is 4.15. The summed E-state index contributed by atoms with van der Waals surface area (Å²) >= 11 is 0. The van der Waals surface area contributed by atoms with Crippen molar-refractivity contribution in [3.05, 3.63) is 0 Å². The van der Waals surface area contributed by atoms with Crippen LogP contribution in [0, 0.1) is 23.7 Å². The molecule has 0 bridgehead atoms. The molecule has 1 fully saturated rings. The maximum atomic E-state index is 12.2. The third-order valence-corrected chi connectivity index (χ3v) is 4.09. The molecule has 4 atom stereocenters. The van der Waals surface area contributed by atoms with Gasteiger partial charge in [0.25, 0.3) is 0 Å². The monoisotopic (exact) mass is 240 g/mol. The third-order valence-electron chi connectivity index (χ3n) is 4.09. The quantitative estimate of drug-likeness (QED) is 0.732. The summed E-state index contributed by atoms with van der Waals surface area (Å²) in [6, 6.07) is 0. The molecular weight excluding hydrogens is 212 g/mol. The molecule has 4 unspecified atom stereocenters. The second-order valence-corrected chi connectivity index (χ2v) is 6.28. The molecule has 0 aromatic heterocycles. The van der Waals surface area contributed by atoms with Gasteiger partial charge in [-0.2, -0.15) is 0 Å². The van der Waals surface area contributed by atoms with Gasteiger partial charge in [-0.1, -0.05) is 40.5 Å². The van der Waals surface area contributed by atoms with Gasteiger partial charge in [-0.05, 0) is 30.1 Å². The molecule has 1 rings (SSSR count). The van der Waals surface area contributed by atoms with Crippen LogP contribution < -0.4 is 0 Å². The lowest BCUT2D eigenvalue weighted by Gasteiger charge is -2.36. The molecule has 2 heteroatoms. The van der Waals surface area contributed by atoms with E-state index in [0.717, 1.165) is 12.3 Å². The van der Waals surface area contributed by atoms with E-state index < -0.39 is 0 Å². The SMILES string of the molecule is COC(C(=O)CC(C)C)C1CC(C)CCC1C. The Labute approximate surface area is 106 Å². The van der Waals surface area contributed by atoms with Gasteiger partial charge in [0.15, 0.2) is 5.78 Å². The highest BCUT2D eigenvalue weighted by molar-refractivity contribution is 5.83. The zero-order chi connectivity index (χ0) is 13.0. The number of carbonyl (C=O) groups excluding carboxylic acids is 1. The average molecular weight is 240 g/mol. The first-order chi connectivity index (χ1) is 7.95. The number of ether oxygens (including phenoxy) is 1. The largest absolute Gasteiger partial charge is 0.373 e. The van der Waals surface area contributed by atoms with Crippen LogP contribution in [-0.4, -0.2) is 19.0 Å². The summed E-state index contributed by atoms with van der Waals surface area (Å²) < 4.78 is 5.52. The number of methoxy groups -OCH3 is 1. The molecule has 1 aliphatic carbocycles. The highest BCUT2D eigenvalue weighted by Gasteiger charge is 2.35. The molecule has 0 N–H and O–H groups in total. The van der Waals surface area contributed by atoms with E-state index in [-0.39, 0.29) is 6.10 Å². The Morgan fingerprint density at radius 2 is 1.94 bits per heavy atom. The predicted octanol–water partition coefficient (Wildman–Crippen LogP) is 3.69. The van der Waals surface area contributed by atoms with Crippen molar-refractivity contribution in [3.8, 4) is 0 Å². The van der Waals surface area contributed by atoms with Gasteiger partial charge in [0, 0.05) is 13.5 Å². The lowest BCUT2D eigenvalue weighted by atomic mass is 9.71. The fraction of sp³-hybridized carbons (Fsp3) is 0.933. The summed E-state index contributed by atoms with van der Waals surface area (Å²) in [7, 11) is 1.69. The van der Waals surface area contributed by atoms with Gasteiger partial charge >= 0.3 is 0 Å². The second kappa shape index (κ2) is 6.53. The van der Waals surface area contributed by atoms with E-state index in [1.807, 2.05) is 0 Å². The van der Waals surface area contributed by atoms with Crippen LogP contribution in [0.4, 0.5) is 0 Å². The van der Waals surface area contributed by atoms with Gasteiger partial charge in [0.2, 0.25) is 0 Å². The van der Waals surface area contributed by atoms with Crippen LogP contribution in [-0.2, 0) is 9.53 Å². The van der Waals surface area contributed by atoms with Crippen molar-refractivity contribution in [3.63, 3.8) is 0 Å². The molecule has 0 spiro atoms. The van der Waals surface area contributed by atoms with Crippen molar-refractivity contribution < 1.29 is 9.53 Å². The molecule has 0 aliphatic heterocycles. The summed E-state index contributed by atoms with van der Waals surface area (Å²) in [5.74, 6) is 2.51. The summed E-state index contributed by atoms with van der Waals surface area (Å²) in [5.41, 5.74) is 0. The molecular formula is C15H28O2. The lowest BCUT2D eigenvalue weighted by Crippen LogP contribution is -2.39. The molecule has 0 saturated heterocycles. The second-order valence-electron chi connectivity index (χ2n) is 6.28. The van der Waals surface area contributed by atoms with Crippen LogP contribution >= 0.6 is 0 Å². The van der Waals surface area contributed by atoms with Crippen LogP contribution in [0.5, 0.6) is 0 Å². The molecule has 0 radical (unpaired) electrons. The zero-order valence-corrected chi connectivity index (χ0v) is 12.0. The number of carbonyl (C=O) groups is 1. The average Bonchev–Trinajstić information content (AvgIpc) is 2.23. The smallest absolute Gasteiger partial charge is 0.162 e. The molecule has 17 heavy (non-hydrogen) atoms. The standard InChI is InChI=1S/C15H28O2/c1-10(2)8-14(16)15(17-5)13-9-11(3)6-7-12(13)4/h10-13,15H,6-9H2,1-5H3. The molecule has 0 amide bonds. The van der Waals surface area contributed by atoms with Gasteiger partial charge in [0.05, 0.1) is 0 Å². The van der Waals surface area contributed by atoms with Gasteiger partial charge in [-0.25, -0.2) is 0 Å². The van der Waals surface area contributed by atoms with Crippen molar-refractivity contribution in [2.45, 2.75) is 59.5 Å². The van der Waals surface area contributed by atoms with E-state index >= 15 is 0 Å². The van der Waals surface area contributed by atoms with E-state index in [1.54, 1.807) is 7.11 Å². The Bertz CT molecular complexity index is 247. The summed E-state index contributed by atoms with van der Waals surface area (Å²) in [6.45, 7) is 8.75. The van der Waals surface area contributed by atoms with Gasteiger partial charge in [-0.15, -0.1) is 0 Å². The minimum Gasteiger partial charge on any atom is -0.373 e. The van der Waals surface area contributed by atoms with E-state index in [2.05, 4.69) is 27.7 Å². The van der Waals surface area contributed by atoms with Gasteiger partial charge in [0.1, 0.15) is 6.10 Å². The lowest BCUT2D eigenvalue weighted by molar-refractivity contribution is -0.135. The maximum Gasteiger partial charge on any atom is 0.162 e. The Morgan fingerprint density at radius 3 is 2.47 bits per heavy atom. The number of Topliss-reactive ketones (excluding diaryl/α,β-unsaturated/α-hetero) is 1. The Hall–Kier alpha value is -0.370. The third kappa shape index (κ3) is 4.09. The first-order valence-electron chi connectivity index (χ1n) is 7.01. The van der Waals surface area contributed by atoms with E-state index in [0.29, 0.717) is 30.0 Å². The van der Waals surface area contributed by atoms with Crippen LogP contribution in [0.25, 0.3) is 0 Å². The number of ketones is 1. The minimum absolute atomic E-state index is 0.171. The minimum atomic E-state index is -0.171. The zero-order valence-electron chi connectivity index (χ0n) is 12.0. The van der Waals surface area contributed by atoms with Crippen molar-refractivity contribution in [2.24, 2.45) is 23.7 Å². The Balaban J connectivity index is 2.67. The van der Waals surface area contributed by atoms with Crippen molar-refractivity contribution >= 4 is 5.78 Å². The van der Waals surface area contributed by atoms with Crippen LogP contribution in [0.2, 0.25) is 0 Å². The fourth-order valence-electron chi connectivity index (χ4n) is 3.06. The van der Waals surface area contributed by atoms with Crippen molar-refractivity contribution in [2.75, 3.05) is 7.11 Å². The Kier molecular flexibility index (Phi) is 5.64. The predicted molar refractivity (Wildman–Crippen MR) is 70.9 cm³/mol. The Morgan fingerprint density at radius 1 is 1.29 bits per heavy atom. The van der Waals surface area contributed by atoms with E-state index in [1.165, 1.54) is 12.8 Å². The molecule has 1 saturated carbocycles. The molecule has 0 aromatic rings. The van der Waals surface area contributed by atoms with Gasteiger partial charge in [-0.3, -0.25) is 4.79 Å². The van der Waals surface area contributed by atoms with Crippen LogP contribution in [0.1, 0.15) is 53.4 Å². The fourth-order valence-corrected chi connectivity index (χ4v) is 3.06. The van der Waals surface area contributed by atoms with Crippen molar-refractivity contribution in [1.82, 2.24) is 0 Å². The van der Waals surface area contributed by atoms with Gasteiger partial charge < -0.3 is 4.74 Å². The molecule has 1 aliphatic rings. The topological polar surface area (TPSA) is 26.3 Å². The highest BCUT2D eigenvalue weighted by Crippen LogP contribution is 2.37. The molecule has 0 heterocycles. The molecule has 0 aromatic carbocycles. The van der Waals surface area contributed by atoms with Crippen LogP contribution in [0.15, 0.2) is 0 Å². The normalized spacial score (nSPS) is 31.5. The number of rotatable bonds is 5. The van der Waals surface area contributed by atoms with Crippen molar-refractivity contribution in [1.29, 1.82) is 0 Å². The first kappa shape index (κ1) is 14.7. The molecule has 100 valence electrons. The molecule has 2 nitrogen and oxygen atoms in total. The number of hydrogen-bond donors (Lipinski definition) is 0. The summed E-state index contributed by atoms with van der Waals surface area (Å²) in [5, 5.41) is 0.